The molecule has 0 unspecified atom stereocenters. The third-order valence-electron chi connectivity index (χ3n) is 3.92. The van der Waals surface area contributed by atoms with E-state index in [1.165, 1.54) is 5.56 Å². The van der Waals surface area contributed by atoms with Crippen LogP contribution in [0.15, 0.2) is 30.3 Å². The van der Waals surface area contributed by atoms with Gasteiger partial charge < -0.3 is 10.6 Å². The summed E-state index contributed by atoms with van der Waals surface area (Å²) in [5.74, 6) is 0.0431. The van der Waals surface area contributed by atoms with Crippen molar-refractivity contribution in [2.45, 2.75) is 25.4 Å². The molecule has 1 aromatic carbocycles. The third kappa shape index (κ3) is 3.78. The van der Waals surface area contributed by atoms with Gasteiger partial charge in [-0.3, -0.25) is 9.69 Å². The number of likely N-dealkylation sites (N-methyl/N-ethyl adjacent to an activating group) is 1. The highest BCUT2D eigenvalue weighted by Crippen LogP contribution is 2.17. The molecule has 0 saturated carbocycles. The van der Waals surface area contributed by atoms with Crippen molar-refractivity contribution in [1.29, 1.82) is 0 Å². The lowest BCUT2D eigenvalue weighted by Gasteiger charge is -2.36. The van der Waals surface area contributed by atoms with Gasteiger partial charge in [-0.2, -0.15) is 0 Å². The van der Waals surface area contributed by atoms with Crippen molar-refractivity contribution >= 4 is 5.91 Å². The number of nitrogens with zero attached hydrogens (tertiary/aromatic N) is 2. The highest BCUT2D eigenvalue weighted by Gasteiger charge is 2.24. The summed E-state index contributed by atoms with van der Waals surface area (Å²) in [7, 11) is 1.87. The molecule has 1 aliphatic rings. The Morgan fingerprint density at radius 3 is 2.53 bits per heavy atom. The predicted molar refractivity (Wildman–Crippen MR) is 76.6 cm³/mol. The van der Waals surface area contributed by atoms with Crippen LogP contribution in [0.1, 0.15) is 18.4 Å². The Morgan fingerprint density at radius 1 is 1.32 bits per heavy atom. The quantitative estimate of drug-likeness (QED) is 0.882. The van der Waals surface area contributed by atoms with Crippen molar-refractivity contribution in [3.8, 4) is 0 Å². The lowest BCUT2D eigenvalue weighted by Crippen LogP contribution is -2.47. The van der Waals surface area contributed by atoms with Crippen LogP contribution < -0.4 is 5.73 Å². The molecule has 1 amide bonds. The average Bonchev–Trinajstić information content (AvgIpc) is 2.47. The minimum Gasteiger partial charge on any atom is -0.342 e. The van der Waals surface area contributed by atoms with Crippen LogP contribution >= 0.6 is 0 Å². The topological polar surface area (TPSA) is 49.6 Å². The second-order valence-electron chi connectivity index (χ2n) is 5.20. The van der Waals surface area contributed by atoms with Gasteiger partial charge in [0.15, 0.2) is 0 Å². The van der Waals surface area contributed by atoms with Crippen molar-refractivity contribution in [2.75, 3.05) is 26.7 Å². The van der Waals surface area contributed by atoms with Gasteiger partial charge in [0, 0.05) is 32.7 Å². The number of piperidine rings is 1. The van der Waals surface area contributed by atoms with Gasteiger partial charge in [0.25, 0.3) is 0 Å². The number of likely N-dealkylation sites (tertiary alicyclic amines) is 1. The molecule has 1 fully saturated rings. The predicted octanol–water partition coefficient (Wildman–Crippen LogP) is 1.07. The molecule has 4 nitrogen and oxygen atoms in total. The van der Waals surface area contributed by atoms with Crippen LogP contribution in [0.25, 0.3) is 0 Å². The van der Waals surface area contributed by atoms with Crippen LogP contribution in [-0.2, 0) is 11.3 Å². The van der Waals surface area contributed by atoms with Gasteiger partial charge in [-0.25, -0.2) is 0 Å². The lowest BCUT2D eigenvalue weighted by atomic mass is 10.0. The van der Waals surface area contributed by atoms with Crippen LogP contribution in [0.2, 0.25) is 0 Å². The van der Waals surface area contributed by atoms with Gasteiger partial charge in [0.05, 0.1) is 6.54 Å². The number of hydrogen-bond donors (Lipinski definition) is 1. The number of amides is 1. The summed E-state index contributed by atoms with van der Waals surface area (Å²) in [6.07, 6.45) is 2.07. The normalized spacial score (nSPS) is 17.4. The number of carbonyl (C=O) groups excluding carboxylic acids is 1. The Hall–Kier alpha value is -1.39. The first-order chi connectivity index (χ1) is 9.20. The summed E-state index contributed by atoms with van der Waals surface area (Å²) in [4.78, 5) is 15.8. The van der Waals surface area contributed by atoms with Crippen LogP contribution in [0.3, 0.4) is 0 Å². The number of rotatable bonds is 4. The summed E-state index contributed by atoms with van der Waals surface area (Å²) in [5.41, 5.74) is 6.76. The first kappa shape index (κ1) is 14.0. The van der Waals surface area contributed by atoms with E-state index < -0.39 is 0 Å². The van der Waals surface area contributed by atoms with E-state index in [9.17, 15) is 4.79 Å². The fraction of sp³-hybridized carbons (Fsp3) is 0.533. The van der Waals surface area contributed by atoms with E-state index in [2.05, 4.69) is 29.2 Å². The largest absolute Gasteiger partial charge is 0.342 e. The molecule has 0 bridgehead atoms. The summed E-state index contributed by atoms with van der Waals surface area (Å²) < 4.78 is 0. The molecule has 104 valence electrons. The van der Waals surface area contributed by atoms with Crippen molar-refractivity contribution in [3.05, 3.63) is 35.9 Å². The first-order valence-electron chi connectivity index (χ1n) is 6.92. The molecule has 1 aliphatic heterocycles. The summed E-state index contributed by atoms with van der Waals surface area (Å²) >= 11 is 0. The SMILES string of the molecule is CN(C(=O)CN)C1CCN(Cc2ccccc2)CC1. The third-order valence-corrected chi connectivity index (χ3v) is 3.92. The zero-order valence-corrected chi connectivity index (χ0v) is 11.6. The Morgan fingerprint density at radius 2 is 1.95 bits per heavy atom. The maximum absolute atomic E-state index is 11.6. The van der Waals surface area contributed by atoms with E-state index in [0.717, 1.165) is 32.5 Å². The van der Waals surface area contributed by atoms with Crippen molar-refractivity contribution < 1.29 is 4.79 Å². The van der Waals surface area contributed by atoms with Crippen molar-refractivity contribution in [1.82, 2.24) is 9.80 Å². The van der Waals surface area contributed by atoms with Crippen molar-refractivity contribution in [3.63, 3.8) is 0 Å². The number of hydrogen-bond acceptors (Lipinski definition) is 3. The van der Waals surface area contributed by atoms with Crippen LogP contribution in [0, 0.1) is 0 Å². The highest BCUT2D eigenvalue weighted by molar-refractivity contribution is 5.78. The first-order valence-corrected chi connectivity index (χ1v) is 6.92. The molecule has 1 heterocycles. The summed E-state index contributed by atoms with van der Waals surface area (Å²) in [6.45, 7) is 3.20. The maximum Gasteiger partial charge on any atom is 0.236 e. The van der Waals surface area contributed by atoms with Gasteiger partial charge in [-0.05, 0) is 18.4 Å². The summed E-state index contributed by atoms with van der Waals surface area (Å²) in [5, 5.41) is 0. The molecular weight excluding hydrogens is 238 g/mol. The van der Waals surface area contributed by atoms with E-state index in [0.29, 0.717) is 6.04 Å². The zero-order valence-electron chi connectivity index (χ0n) is 11.6. The number of carbonyl (C=O) groups is 1. The second kappa shape index (κ2) is 6.68. The molecule has 0 radical (unpaired) electrons. The Labute approximate surface area is 115 Å². The molecular formula is C15H23N3O. The Kier molecular flexibility index (Phi) is 4.93. The monoisotopic (exact) mass is 261 g/mol. The summed E-state index contributed by atoms with van der Waals surface area (Å²) in [6, 6.07) is 10.9. The van der Waals surface area contributed by atoms with Crippen molar-refractivity contribution in [2.24, 2.45) is 5.73 Å². The minimum atomic E-state index is 0.0431. The van der Waals surface area contributed by atoms with Crippen LogP contribution in [0.5, 0.6) is 0 Å². The van der Waals surface area contributed by atoms with Gasteiger partial charge >= 0.3 is 0 Å². The lowest BCUT2D eigenvalue weighted by molar-refractivity contribution is -0.131. The van der Waals surface area contributed by atoms with Gasteiger partial charge in [0.1, 0.15) is 0 Å². The molecule has 0 aromatic heterocycles. The average molecular weight is 261 g/mol. The molecule has 0 spiro atoms. The molecule has 1 aromatic rings. The Balaban J connectivity index is 1.81. The second-order valence-corrected chi connectivity index (χ2v) is 5.20. The van der Waals surface area contributed by atoms with Crippen LogP contribution in [0.4, 0.5) is 0 Å². The molecule has 2 N–H and O–H groups in total. The standard InChI is InChI=1S/C15H23N3O/c1-17(15(19)11-16)14-7-9-18(10-8-14)12-13-5-3-2-4-6-13/h2-6,14H,7-12,16H2,1H3. The minimum absolute atomic E-state index is 0.0431. The molecule has 1 saturated heterocycles. The smallest absolute Gasteiger partial charge is 0.236 e. The van der Waals surface area contributed by atoms with E-state index in [4.69, 9.17) is 5.73 Å². The highest BCUT2D eigenvalue weighted by atomic mass is 16.2. The molecule has 4 heteroatoms. The molecule has 2 rings (SSSR count). The molecule has 19 heavy (non-hydrogen) atoms. The van der Waals surface area contributed by atoms with Gasteiger partial charge in [-0.1, -0.05) is 30.3 Å². The maximum atomic E-state index is 11.6. The van der Waals surface area contributed by atoms with E-state index in [-0.39, 0.29) is 12.5 Å². The Bertz CT molecular complexity index is 399. The zero-order chi connectivity index (χ0) is 13.7. The fourth-order valence-corrected chi connectivity index (χ4v) is 2.65. The van der Waals surface area contributed by atoms with Crippen LogP contribution in [-0.4, -0.2) is 48.4 Å². The molecule has 0 aliphatic carbocycles. The van der Waals surface area contributed by atoms with Gasteiger partial charge in [0.2, 0.25) is 5.91 Å². The van der Waals surface area contributed by atoms with E-state index in [1.807, 2.05) is 18.0 Å². The van der Waals surface area contributed by atoms with Gasteiger partial charge in [-0.15, -0.1) is 0 Å². The molecule has 0 atom stereocenters. The fourth-order valence-electron chi connectivity index (χ4n) is 2.65. The number of benzene rings is 1. The number of nitrogens with two attached hydrogens (primary N) is 1. The van der Waals surface area contributed by atoms with E-state index >= 15 is 0 Å². The van der Waals surface area contributed by atoms with E-state index in [1.54, 1.807) is 0 Å².